The van der Waals surface area contributed by atoms with E-state index in [9.17, 15) is 4.79 Å². The molecule has 4 heteroatoms. The van der Waals surface area contributed by atoms with Crippen LogP contribution in [0.25, 0.3) is 6.08 Å². The summed E-state index contributed by atoms with van der Waals surface area (Å²) in [5.74, 6) is 0.572. The SMILES string of the molecule is O=C(O)C=Cc1ccc(OCCOc2ccccc2)cc1. The van der Waals surface area contributed by atoms with Gasteiger partial charge in [0.05, 0.1) is 0 Å². The van der Waals surface area contributed by atoms with E-state index in [1.54, 1.807) is 24.3 Å². The van der Waals surface area contributed by atoms with Crippen molar-refractivity contribution in [1.82, 2.24) is 0 Å². The van der Waals surface area contributed by atoms with E-state index < -0.39 is 5.97 Å². The molecule has 0 saturated heterocycles. The fraction of sp³-hybridized carbons (Fsp3) is 0.118. The topological polar surface area (TPSA) is 55.8 Å². The monoisotopic (exact) mass is 284 g/mol. The normalized spacial score (nSPS) is 10.5. The van der Waals surface area contributed by atoms with E-state index in [-0.39, 0.29) is 0 Å². The van der Waals surface area contributed by atoms with Gasteiger partial charge in [-0.15, -0.1) is 0 Å². The summed E-state index contributed by atoms with van der Waals surface area (Å²) < 4.78 is 11.1. The number of aliphatic carboxylic acids is 1. The summed E-state index contributed by atoms with van der Waals surface area (Å²) in [6.45, 7) is 0.907. The standard InChI is InChI=1S/C17H16O4/c18-17(19)11-8-14-6-9-16(10-7-14)21-13-12-20-15-4-2-1-3-5-15/h1-11H,12-13H2,(H,18,19). The molecule has 0 aliphatic carbocycles. The van der Waals surface area contributed by atoms with Crippen LogP contribution in [0, 0.1) is 0 Å². The molecule has 0 spiro atoms. The van der Waals surface area contributed by atoms with Crippen molar-refractivity contribution in [2.75, 3.05) is 13.2 Å². The van der Waals surface area contributed by atoms with Gasteiger partial charge in [-0.3, -0.25) is 0 Å². The van der Waals surface area contributed by atoms with Crippen LogP contribution in [0.1, 0.15) is 5.56 Å². The van der Waals surface area contributed by atoms with Gasteiger partial charge in [0.25, 0.3) is 0 Å². The van der Waals surface area contributed by atoms with E-state index in [1.807, 2.05) is 30.3 Å². The Bertz CT molecular complexity index is 588. The predicted molar refractivity (Wildman–Crippen MR) is 80.5 cm³/mol. The Labute approximate surface area is 123 Å². The summed E-state index contributed by atoms with van der Waals surface area (Å²) in [7, 11) is 0. The summed E-state index contributed by atoms with van der Waals surface area (Å²) >= 11 is 0. The molecule has 0 unspecified atom stereocenters. The van der Waals surface area contributed by atoms with Gasteiger partial charge in [-0.1, -0.05) is 30.3 Å². The van der Waals surface area contributed by atoms with Gasteiger partial charge >= 0.3 is 5.97 Å². The van der Waals surface area contributed by atoms with E-state index >= 15 is 0 Å². The summed E-state index contributed by atoms with van der Waals surface area (Å²) in [6, 6.07) is 16.7. The maximum Gasteiger partial charge on any atom is 0.328 e. The fourth-order valence-corrected chi connectivity index (χ4v) is 1.68. The lowest BCUT2D eigenvalue weighted by Gasteiger charge is -2.08. The first-order valence-electron chi connectivity index (χ1n) is 6.56. The number of carbonyl (C=O) groups is 1. The van der Waals surface area contributed by atoms with Crippen molar-refractivity contribution in [1.29, 1.82) is 0 Å². The zero-order chi connectivity index (χ0) is 14.9. The van der Waals surface area contributed by atoms with Crippen molar-refractivity contribution in [2.45, 2.75) is 0 Å². The van der Waals surface area contributed by atoms with Crippen LogP contribution in [0.4, 0.5) is 0 Å². The molecule has 0 heterocycles. The number of carboxylic acids is 1. The highest BCUT2D eigenvalue weighted by atomic mass is 16.5. The Kier molecular flexibility index (Phi) is 5.41. The minimum Gasteiger partial charge on any atom is -0.490 e. The maximum absolute atomic E-state index is 10.4. The molecule has 0 aliphatic rings. The van der Waals surface area contributed by atoms with Gasteiger partial charge in [0, 0.05) is 6.08 Å². The van der Waals surface area contributed by atoms with Crippen LogP contribution in [0.3, 0.4) is 0 Å². The molecule has 108 valence electrons. The van der Waals surface area contributed by atoms with Crippen LogP contribution in [0.5, 0.6) is 11.5 Å². The predicted octanol–water partition coefficient (Wildman–Crippen LogP) is 3.24. The number of benzene rings is 2. The van der Waals surface area contributed by atoms with Crippen molar-refractivity contribution >= 4 is 12.0 Å². The van der Waals surface area contributed by atoms with E-state index in [1.165, 1.54) is 6.08 Å². The first kappa shape index (κ1) is 14.7. The van der Waals surface area contributed by atoms with Crippen molar-refractivity contribution in [3.8, 4) is 11.5 Å². The van der Waals surface area contributed by atoms with E-state index in [2.05, 4.69) is 0 Å². The van der Waals surface area contributed by atoms with Crippen molar-refractivity contribution in [3.63, 3.8) is 0 Å². The van der Waals surface area contributed by atoms with Crippen molar-refractivity contribution in [2.24, 2.45) is 0 Å². The van der Waals surface area contributed by atoms with E-state index in [0.29, 0.717) is 13.2 Å². The molecule has 0 bridgehead atoms. The summed E-state index contributed by atoms with van der Waals surface area (Å²) in [5.41, 5.74) is 0.810. The van der Waals surface area contributed by atoms with Gasteiger partial charge in [-0.05, 0) is 35.9 Å². The first-order chi connectivity index (χ1) is 10.2. The molecule has 0 radical (unpaired) electrons. The average Bonchev–Trinajstić information content (AvgIpc) is 2.52. The second-order valence-electron chi connectivity index (χ2n) is 4.25. The molecule has 1 N–H and O–H groups in total. The number of rotatable bonds is 7. The minimum absolute atomic E-state index is 0.444. The lowest BCUT2D eigenvalue weighted by molar-refractivity contribution is -0.131. The van der Waals surface area contributed by atoms with Gasteiger partial charge in [0.1, 0.15) is 24.7 Å². The van der Waals surface area contributed by atoms with E-state index in [4.69, 9.17) is 14.6 Å². The Morgan fingerprint density at radius 1 is 0.905 bits per heavy atom. The molecule has 4 nitrogen and oxygen atoms in total. The van der Waals surface area contributed by atoms with Crippen LogP contribution in [-0.2, 0) is 4.79 Å². The second-order valence-corrected chi connectivity index (χ2v) is 4.25. The quantitative estimate of drug-likeness (QED) is 0.626. The zero-order valence-corrected chi connectivity index (χ0v) is 11.4. The van der Waals surface area contributed by atoms with Crippen LogP contribution in [0.2, 0.25) is 0 Å². The summed E-state index contributed by atoms with van der Waals surface area (Å²) in [6.07, 6.45) is 2.63. The highest BCUT2D eigenvalue weighted by molar-refractivity contribution is 5.85. The molecule has 2 rings (SSSR count). The number of para-hydroxylation sites is 1. The number of carboxylic acid groups (broad SMARTS) is 1. The number of hydrogen-bond donors (Lipinski definition) is 1. The van der Waals surface area contributed by atoms with Crippen LogP contribution in [-0.4, -0.2) is 24.3 Å². The third kappa shape index (κ3) is 5.40. The molecule has 0 atom stereocenters. The Morgan fingerprint density at radius 2 is 1.48 bits per heavy atom. The highest BCUT2D eigenvalue weighted by Crippen LogP contribution is 2.13. The molecule has 0 saturated carbocycles. The average molecular weight is 284 g/mol. The van der Waals surface area contributed by atoms with Crippen LogP contribution in [0.15, 0.2) is 60.7 Å². The zero-order valence-electron chi connectivity index (χ0n) is 11.4. The molecular weight excluding hydrogens is 268 g/mol. The van der Waals surface area contributed by atoms with Gasteiger partial charge in [0.15, 0.2) is 0 Å². The third-order valence-corrected chi connectivity index (χ3v) is 2.66. The lowest BCUT2D eigenvalue weighted by Crippen LogP contribution is -2.08. The molecule has 0 amide bonds. The Morgan fingerprint density at radius 3 is 2.05 bits per heavy atom. The molecular formula is C17H16O4. The van der Waals surface area contributed by atoms with Gasteiger partial charge in [-0.2, -0.15) is 0 Å². The Balaban J connectivity index is 1.75. The molecule has 2 aromatic rings. The minimum atomic E-state index is -0.964. The summed E-state index contributed by atoms with van der Waals surface area (Å²) in [5, 5.41) is 8.54. The fourth-order valence-electron chi connectivity index (χ4n) is 1.68. The highest BCUT2D eigenvalue weighted by Gasteiger charge is 1.96. The molecule has 0 fully saturated rings. The van der Waals surface area contributed by atoms with Crippen LogP contribution < -0.4 is 9.47 Å². The second kappa shape index (κ2) is 7.75. The lowest BCUT2D eigenvalue weighted by atomic mass is 10.2. The maximum atomic E-state index is 10.4. The van der Waals surface area contributed by atoms with Crippen molar-refractivity contribution < 1.29 is 19.4 Å². The smallest absolute Gasteiger partial charge is 0.328 e. The molecule has 2 aromatic carbocycles. The number of hydrogen-bond acceptors (Lipinski definition) is 3. The van der Waals surface area contributed by atoms with Gasteiger partial charge in [0.2, 0.25) is 0 Å². The first-order valence-corrected chi connectivity index (χ1v) is 6.56. The molecule has 0 aromatic heterocycles. The van der Waals surface area contributed by atoms with E-state index in [0.717, 1.165) is 23.1 Å². The van der Waals surface area contributed by atoms with Gasteiger partial charge < -0.3 is 14.6 Å². The Hall–Kier alpha value is -2.75. The molecule has 21 heavy (non-hydrogen) atoms. The largest absolute Gasteiger partial charge is 0.490 e. The summed E-state index contributed by atoms with van der Waals surface area (Å²) in [4.78, 5) is 10.4. The third-order valence-electron chi connectivity index (χ3n) is 2.66. The van der Waals surface area contributed by atoms with Crippen molar-refractivity contribution in [3.05, 3.63) is 66.2 Å². The van der Waals surface area contributed by atoms with Crippen LogP contribution >= 0.6 is 0 Å². The number of ether oxygens (including phenoxy) is 2. The van der Waals surface area contributed by atoms with Gasteiger partial charge in [-0.25, -0.2) is 4.79 Å². The molecule has 0 aliphatic heterocycles.